The molecule has 25 heavy (non-hydrogen) atoms. The fourth-order valence-electron chi connectivity index (χ4n) is 3.00. The Morgan fingerprint density at radius 2 is 2.04 bits per heavy atom. The molecular weight excluding hydrogens is 338 g/mol. The highest BCUT2D eigenvalue weighted by Gasteiger charge is 2.18. The molecule has 0 atom stereocenters. The number of hydrogen-bond donors (Lipinski definition) is 1. The SMILES string of the molecule is CCN(CC)Cc1nc2scc(-c3ccc4c(c3)OCO4)c2c(=O)[nH]1. The highest BCUT2D eigenvalue weighted by Crippen LogP contribution is 2.38. The van der Waals surface area contributed by atoms with Crippen LogP contribution in [0.25, 0.3) is 21.3 Å². The molecule has 1 aliphatic rings. The summed E-state index contributed by atoms with van der Waals surface area (Å²) in [6, 6.07) is 5.73. The smallest absolute Gasteiger partial charge is 0.260 e. The Labute approximate surface area is 149 Å². The number of nitrogens with one attached hydrogen (secondary N) is 1. The van der Waals surface area contributed by atoms with Crippen LogP contribution in [0.1, 0.15) is 19.7 Å². The Morgan fingerprint density at radius 1 is 1.24 bits per heavy atom. The normalized spacial score (nSPS) is 13.1. The quantitative estimate of drug-likeness (QED) is 0.759. The summed E-state index contributed by atoms with van der Waals surface area (Å²) in [6.07, 6.45) is 0. The fourth-order valence-corrected chi connectivity index (χ4v) is 3.97. The first-order valence-electron chi connectivity index (χ1n) is 8.32. The summed E-state index contributed by atoms with van der Waals surface area (Å²) in [5.74, 6) is 2.15. The molecule has 4 rings (SSSR count). The molecule has 130 valence electrons. The van der Waals surface area contributed by atoms with E-state index >= 15 is 0 Å². The highest BCUT2D eigenvalue weighted by atomic mass is 32.1. The summed E-state index contributed by atoms with van der Waals surface area (Å²) in [4.78, 5) is 23.3. The fraction of sp³-hybridized carbons (Fsp3) is 0.333. The lowest BCUT2D eigenvalue weighted by molar-refractivity contribution is 0.174. The van der Waals surface area contributed by atoms with Crippen LogP contribution in [0.3, 0.4) is 0 Å². The number of aromatic nitrogens is 2. The number of aromatic amines is 1. The molecule has 0 amide bonds. The second-order valence-electron chi connectivity index (χ2n) is 5.87. The topological polar surface area (TPSA) is 67.5 Å². The van der Waals surface area contributed by atoms with Gasteiger partial charge >= 0.3 is 0 Å². The van der Waals surface area contributed by atoms with Crippen molar-refractivity contribution >= 4 is 21.6 Å². The lowest BCUT2D eigenvalue weighted by Gasteiger charge is -2.16. The third kappa shape index (κ3) is 2.89. The van der Waals surface area contributed by atoms with Gasteiger partial charge in [0.15, 0.2) is 11.5 Å². The minimum Gasteiger partial charge on any atom is -0.454 e. The van der Waals surface area contributed by atoms with Crippen molar-refractivity contribution < 1.29 is 9.47 Å². The molecule has 1 aromatic carbocycles. The third-order valence-electron chi connectivity index (χ3n) is 4.44. The van der Waals surface area contributed by atoms with Gasteiger partial charge in [0.25, 0.3) is 5.56 Å². The summed E-state index contributed by atoms with van der Waals surface area (Å²) in [5, 5.41) is 2.61. The predicted molar refractivity (Wildman–Crippen MR) is 98.4 cm³/mol. The number of rotatable bonds is 5. The van der Waals surface area contributed by atoms with E-state index < -0.39 is 0 Å². The Kier molecular flexibility index (Phi) is 4.19. The lowest BCUT2D eigenvalue weighted by Crippen LogP contribution is -2.25. The second-order valence-corrected chi connectivity index (χ2v) is 6.73. The largest absolute Gasteiger partial charge is 0.454 e. The molecule has 0 spiro atoms. The summed E-state index contributed by atoms with van der Waals surface area (Å²) in [7, 11) is 0. The van der Waals surface area contributed by atoms with Gasteiger partial charge in [-0.3, -0.25) is 9.69 Å². The van der Waals surface area contributed by atoms with Crippen molar-refractivity contribution in [3.63, 3.8) is 0 Å². The van der Waals surface area contributed by atoms with E-state index in [1.54, 1.807) is 0 Å². The maximum atomic E-state index is 12.7. The first-order valence-corrected chi connectivity index (χ1v) is 9.20. The van der Waals surface area contributed by atoms with Crippen LogP contribution in [0.4, 0.5) is 0 Å². The van der Waals surface area contributed by atoms with Crippen LogP contribution in [0, 0.1) is 0 Å². The zero-order valence-corrected chi connectivity index (χ0v) is 15.0. The number of fused-ring (bicyclic) bond motifs is 2. The molecule has 0 saturated heterocycles. The minimum absolute atomic E-state index is 0.0962. The highest BCUT2D eigenvalue weighted by molar-refractivity contribution is 7.17. The Morgan fingerprint density at radius 3 is 2.84 bits per heavy atom. The molecule has 0 fully saturated rings. The minimum atomic E-state index is -0.0962. The summed E-state index contributed by atoms with van der Waals surface area (Å²) in [5.41, 5.74) is 1.71. The summed E-state index contributed by atoms with van der Waals surface area (Å²) in [6.45, 7) is 6.93. The number of hydrogen-bond acceptors (Lipinski definition) is 6. The van der Waals surface area contributed by atoms with E-state index in [-0.39, 0.29) is 12.4 Å². The monoisotopic (exact) mass is 357 g/mol. The average Bonchev–Trinajstić information content (AvgIpc) is 3.25. The molecule has 2 aromatic heterocycles. The van der Waals surface area contributed by atoms with Gasteiger partial charge in [-0.25, -0.2) is 4.98 Å². The van der Waals surface area contributed by atoms with Crippen molar-refractivity contribution in [3.8, 4) is 22.6 Å². The van der Waals surface area contributed by atoms with Crippen LogP contribution >= 0.6 is 11.3 Å². The van der Waals surface area contributed by atoms with E-state index in [9.17, 15) is 4.79 Å². The lowest BCUT2D eigenvalue weighted by atomic mass is 10.1. The maximum absolute atomic E-state index is 12.7. The van der Waals surface area contributed by atoms with Crippen LogP contribution in [0.15, 0.2) is 28.4 Å². The Hall–Kier alpha value is -2.38. The van der Waals surface area contributed by atoms with E-state index in [1.165, 1.54) is 11.3 Å². The summed E-state index contributed by atoms with van der Waals surface area (Å²) < 4.78 is 10.8. The summed E-state index contributed by atoms with van der Waals surface area (Å²) >= 11 is 1.49. The molecule has 1 aliphatic heterocycles. The van der Waals surface area contributed by atoms with Gasteiger partial charge in [0.1, 0.15) is 10.7 Å². The zero-order valence-electron chi connectivity index (χ0n) is 14.2. The molecule has 0 radical (unpaired) electrons. The van der Waals surface area contributed by atoms with E-state index in [2.05, 4.69) is 28.7 Å². The van der Waals surface area contributed by atoms with Crippen LogP contribution in [0.2, 0.25) is 0 Å². The van der Waals surface area contributed by atoms with Crippen LogP contribution in [0.5, 0.6) is 11.5 Å². The van der Waals surface area contributed by atoms with Crippen molar-refractivity contribution in [1.82, 2.24) is 14.9 Å². The molecule has 3 heterocycles. The number of benzene rings is 1. The molecule has 0 unspecified atom stereocenters. The third-order valence-corrected chi connectivity index (χ3v) is 5.32. The van der Waals surface area contributed by atoms with E-state index in [0.29, 0.717) is 23.5 Å². The van der Waals surface area contributed by atoms with Crippen molar-refractivity contribution in [2.45, 2.75) is 20.4 Å². The van der Waals surface area contributed by atoms with Crippen LogP contribution < -0.4 is 15.0 Å². The van der Waals surface area contributed by atoms with Gasteiger partial charge in [0.2, 0.25) is 6.79 Å². The van der Waals surface area contributed by atoms with Crippen molar-refractivity contribution in [2.75, 3.05) is 19.9 Å². The van der Waals surface area contributed by atoms with E-state index in [4.69, 9.17) is 9.47 Å². The van der Waals surface area contributed by atoms with Gasteiger partial charge in [0.05, 0.1) is 11.9 Å². The van der Waals surface area contributed by atoms with Crippen molar-refractivity contribution in [2.24, 2.45) is 0 Å². The second kappa shape index (κ2) is 6.50. The Bertz CT molecular complexity index is 975. The first kappa shape index (κ1) is 16.1. The first-order chi connectivity index (χ1) is 12.2. The number of nitrogens with zero attached hydrogens (tertiary/aromatic N) is 2. The van der Waals surface area contributed by atoms with Gasteiger partial charge < -0.3 is 14.5 Å². The molecule has 0 bridgehead atoms. The molecule has 0 aliphatic carbocycles. The van der Waals surface area contributed by atoms with Gasteiger partial charge in [-0.05, 0) is 30.8 Å². The standard InChI is InChI=1S/C18H19N3O3S/c1-3-21(4-2)8-15-19-17(22)16-12(9-25-18(16)20-15)11-5-6-13-14(7-11)24-10-23-13/h5-7,9H,3-4,8,10H2,1-2H3,(H,19,20,22). The average molecular weight is 357 g/mol. The predicted octanol–water partition coefficient (Wildman–Crippen LogP) is 3.22. The molecule has 7 heteroatoms. The molecular formula is C18H19N3O3S. The molecule has 3 aromatic rings. The zero-order chi connectivity index (χ0) is 17.4. The van der Waals surface area contributed by atoms with E-state index in [1.807, 2.05) is 23.6 Å². The van der Waals surface area contributed by atoms with E-state index in [0.717, 1.165) is 34.8 Å². The van der Waals surface area contributed by atoms with Gasteiger partial charge in [-0.1, -0.05) is 19.9 Å². The van der Waals surface area contributed by atoms with Gasteiger partial charge in [0, 0.05) is 10.9 Å². The Balaban J connectivity index is 1.76. The molecule has 6 nitrogen and oxygen atoms in total. The maximum Gasteiger partial charge on any atom is 0.260 e. The number of H-pyrrole nitrogens is 1. The number of thiophene rings is 1. The van der Waals surface area contributed by atoms with Crippen molar-refractivity contribution in [1.29, 1.82) is 0 Å². The molecule has 0 saturated carbocycles. The van der Waals surface area contributed by atoms with Crippen LogP contribution in [-0.4, -0.2) is 34.8 Å². The van der Waals surface area contributed by atoms with Gasteiger partial charge in [-0.2, -0.15) is 0 Å². The van der Waals surface area contributed by atoms with Crippen LogP contribution in [-0.2, 0) is 6.54 Å². The van der Waals surface area contributed by atoms with Crippen molar-refractivity contribution in [3.05, 3.63) is 39.8 Å². The van der Waals surface area contributed by atoms with Gasteiger partial charge in [-0.15, -0.1) is 11.3 Å². The molecule has 1 N–H and O–H groups in total. The number of ether oxygens (including phenoxy) is 2.